The summed E-state index contributed by atoms with van der Waals surface area (Å²) in [5.41, 5.74) is 1.54. The molecule has 1 aromatic carbocycles. The fraction of sp³-hybridized carbons (Fsp3) is 0.417. The fourth-order valence-electron chi connectivity index (χ4n) is 1.89. The summed E-state index contributed by atoms with van der Waals surface area (Å²) in [4.78, 5) is 2.14. The maximum absolute atomic E-state index is 9.11. The van der Waals surface area contributed by atoms with Gasteiger partial charge in [0.25, 0.3) is 0 Å². The third-order valence-electron chi connectivity index (χ3n) is 2.67. The van der Waals surface area contributed by atoms with Crippen LogP contribution in [-0.4, -0.2) is 33.4 Å². The zero-order chi connectivity index (χ0) is 11.4. The lowest BCUT2D eigenvalue weighted by Crippen LogP contribution is -2.36. The van der Waals surface area contributed by atoms with Gasteiger partial charge in [-0.15, -0.1) is 0 Å². The van der Waals surface area contributed by atoms with Crippen LogP contribution in [-0.2, 0) is 4.74 Å². The molecule has 0 bridgehead atoms. The molecule has 0 amide bonds. The van der Waals surface area contributed by atoms with Crippen LogP contribution in [0.15, 0.2) is 18.2 Å². The second kappa shape index (κ2) is 4.86. The minimum absolute atomic E-state index is 0.654. The van der Waals surface area contributed by atoms with Crippen molar-refractivity contribution in [3.63, 3.8) is 0 Å². The summed E-state index contributed by atoms with van der Waals surface area (Å²) in [5, 5.41) is 9.11. The summed E-state index contributed by atoms with van der Waals surface area (Å²) in [6, 6.07) is 7.73. The highest BCUT2D eigenvalue weighted by Crippen LogP contribution is 2.32. The molecule has 0 unspecified atom stereocenters. The highest BCUT2D eigenvalue weighted by Gasteiger charge is 2.18. The van der Waals surface area contributed by atoms with Crippen molar-refractivity contribution in [2.24, 2.45) is 0 Å². The number of para-hydroxylation sites is 1. The Bertz CT molecular complexity index is 406. The number of hydrogen-bond acceptors (Lipinski definition) is 4. The summed E-state index contributed by atoms with van der Waals surface area (Å²) < 4.78 is 10.6. The van der Waals surface area contributed by atoms with Gasteiger partial charge in [0, 0.05) is 13.1 Å². The van der Waals surface area contributed by atoms with E-state index in [-0.39, 0.29) is 0 Å². The van der Waals surface area contributed by atoms with Crippen LogP contribution in [0, 0.1) is 11.3 Å². The number of anilines is 1. The Labute approximate surface area is 95.0 Å². The first-order chi connectivity index (χ1) is 7.86. The highest BCUT2D eigenvalue weighted by molar-refractivity contribution is 5.68. The molecule has 2 rings (SSSR count). The molecule has 0 aromatic heterocycles. The SMILES string of the molecule is COc1cccc(C#N)c1N1CCOCC1. The summed E-state index contributed by atoms with van der Waals surface area (Å²) in [6.45, 7) is 3.00. The first-order valence-electron chi connectivity index (χ1n) is 5.26. The minimum atomic E-state index is 0.654. The number of ether oxygens (including phenoxy) is 2. The topological polar surface area (TPSA) is 45.5 Å². The van der Waals surface area contributed by atoms with Crippen LogP contribution in [0.4, 0.5) is 5.69 Å². The van der Waals surface area contributed by atoms with E-state index in [1.54, 1.807) is 7.11 Å². The molecule has 1 aromatic rings. The van der Waals surface area contributed by atoms with Crippen LogP contribution < -0.4 is 9.64 Å². The number of nitriles is 1. The molecule has 16 heavy (non-hydrogen) atoms. The molecule has 4 heteroatoms. The molecular weight excluding hydrogens is 204 g/mol. The quantitative estimate of drug-likeness (QED) is 0.752. The molecule has 84 valence electrons. The van der Waals surface area contributed by atoms with Gasteiger partial charge < -0.3 is 14.4 Å². The molecule has 0 atom stereocenters. The first kappa shape index (κ1) is 10.8. The monoisotopic (exact) mass is 218 g/mol. The second-order valence-corrected chi connectivity index (χ2v) is 3.57. The van der Waals surface area contributed by atoms with Crippen LogP contribution in [0.3, 0.4) is 0 Å². The van der Waals surface area contributed by atoms with E-state index in [0.29, 0.717) is 18.8 Å². The molecular formula is C12H14N2O2. The van der Waals surface area contributed by atoms with Crippen molar-refractivity contribution < 1.29 is 9.47 Å². The van der Waals surface area contributed by atoms with E-state index in [4.69, 9.17) is 14.7 Å². The lowest BCUT2D eigenvalue weighted by atomic mass is 10.1. The lowest BCUT2D eigenvalue weighted by Gasteiger charge is -2.30. The van der Waals surface area contributed by atoms with E-state index in [1.165, 1.54) is 0 Å². The van der Waals surface area contributed by atoms with Crippen molar-refractivity contribution in [2.45, 2.75) is 0 Å². The summed E-state index contributed by atoms with van der Waals surface area (Å²) >= 11 is 0. The van der Waals surface area contributed by atoms with E-state index in [1.807, 2.05) is 18.2 Å². The summed E-state index contributed by atoms with van der Waals surface area (Å²) in [6.07, 6.45) is 0. The number of hydrogen-bond donors (Lipinski definition) is 0. The van der Waals surface area contributed by atoms with Crippen molar-refractivity contribution >= 4 is 5.69 Å². The van der Waals surface area contributed by atoms with Crippen LogP contribution in [0.25, 0.3) is 0 Å². The Morgan fingerprint density at radius 1 is 1.38 bits per heavy atom. The number of benzene rings is 1. The average molecular weight is 218 g/mol. The minimum Gasteiger partial charge on any atom is -0.495 e. The van der Waals surface area contributed by atoms with Gasteiger partial charge in [0.1, 0.15) is 11.8 Å². The standard InChI is InChI=1S/C12H14N2O2/c1-15-11-4-2-3-10(9-13)12(11)14-5-7-16-8-6-14/h2-4H,5-8H2,1H3. The number of rotatable bonds is 2. The molecule has 0 aliphatic carbocycles. The molecule has 0 radical (unpaired) electrons. The molecule has 1 saturated heterocycles. The van der Waals surface area contributed by atoms with E-state index in [9.17, 15) is 0 Å². The Hall–Kier alpha value is -1.73. The molecule has 1 aliphatic heterocycles. The van der Waals surface area contributed by atoms with Gasteiger partial charge in [-0.05, 0) is 12.1 Å². The van der Waals surface area contributed by atoms with Gasteiger partial charge in [0.05, 0.1) is 31.6 Å². The molecule has 0 saturated carbocycles. The normalized spacial score (nSPS) is 15.6. The number of methoxy groups -OCH3 is 1. The lowest BCUT2D eigenvalue weighted by molar-refractivity contribution is 0.122. The van der Waals surface area contributed by atoms with Crippen molar-refractivity contribution in [2.75, 3.05) is 38.3 Å². The van der Waals surface area contributed by atoms with E-state index in [0.717, 1.165) is 24.5 Å². The molecule has 0 N–H and O–H groups in total. The second-order valence-electron chi connectivity index (χ2n) is 3.57. The van der Waals surface area contributed by atoms with Gasteiger partial charge in [-0.2, -0.15) is 5.26 Å². The van der Waals surface area contributed by atoms with E-state index >= 15 is 0 Å². The maximum Gasteiger partial charge on any atom is 0.143 e. The zero-order valence-electron chi connectivity index (χ0n) is 9.27. The Morgan fingerprint density at radius 2 is 2.12 bits per heavy atom. The highest BCUT2D eigenvalue weighted by atomic mass is 16.5. The van der Waals surface area contributed by atoms with Crippen molar-refractivity contribution in [1.82, 2.24) is 0 Å². The third-order valence-corrected chi connectivity index (χ3v) is 2.67. The van der Waals surface area contributed by atoms with E-state index in [2.05, 4.69) is 11.0 Å². The predicted molar refractivity (Wildman–Crippen MR) is 60.7 cm³/mol. The first-order valence-corrected chi connectivity index (χ1v) is 5.26. The van der Waals surface area contributed by atoms with Gasteiger partial charge in [-0.1, -0.05) is 6.07 Å². The van der Waals surface area contributed by atoms with Crippen LogP contribution in [0.2, 0.25) is 0 Å². The van der Waals surface area contributed by atoms with Gasteiger partial charge in [-0.3, -0.25) is 0 Å². The number of morpholine rings is 1. The fourth-order valence-corrected chi connectivity index (χ4v) is 1.89. The summed E-state index contributed by atoms with van der Waals surface area (Å²) in [5.74, 6) is 0.751. The third kappa shape index (κ3) is 1.95. The smallest absolute Gasteiger partial charge is 0.143 e. The average Bonchev–Trinajstić information content (AvgIpc) is 2.38. The van der Waals surface area contributed by atoms with Gasteiger partial charge in [0.2, 0.25) is 0 Å². The molecule has 1 heterocycles. The number of nitrogens with zero attached hydrogens (tertiary/aromatic N) is 2. The van der Waals surface area contributed by atoms with Gasteiger partial charge in [-0.25, -0.2) is 0 Å². The Kier molecular flexibility index (Phi) is 3.28. The van der Waals surface area contributed by atoms with Crippen LogP contribution in [0.5, 0.6) is 5.75 Å². The molecule has 1 fully saturated rings. The predicted octanol–water partition coefficient (Wildman–Crippen LogP) is 1.40. The Morgan fingerprint density at radius 3 is 2.75 bits per heavy atom. The van der Waals surface area contributed by atoms with Crippen LogP contribution >= 0.6 is 0 Å². The Balaban J connectivity index is 2.39. The van der Waals surface area contributed by atoms with Crippen molar-refractivity contribution in [1.29, 1.82) is 5.26 Å². The zero-order valence-corrected chi connectivity index (χ0v) is 9.27. The molecule has 1 aliphatic rings. The van der Waals surface area contributed by atoms with Crippen LogP contribution in [0.1, 0.15) is 5.56 Å². The van der Waals surface area contributed by atoms with Crippen molar-refractivity contribution in [3.05, 3.63) is 23.8 Å². The van der Waals surface area contributed by atoms with Gasteiger partial charge in [0.15, 0.2) is 0 Å². The van der Waals surface area contributed by atoms with Crippen molar-refractivity contribution in [3.8, 4) is 11.8 Å². The van der Waals surface area contributed by atoms with E-state index < -0.39 is 0 Å². The molecule has 0 spiro atoms. The van der Waals surface area contributed by atoms with Gasteiger partial charge >= 0.3 is 0 Å². The molecule has 4 nitrogen and oxygen atoms in total. The maximum atomic E-state index is 9.11. The summed E-state index contributed by atoms with van der Waals surface area (Å²) in [7, 11) is 1.63. The largest absolute Gasteiger partial charge is 0.495 e.